The lowest BCUT2D eigenvalue weighted by molar-refractivity contribution is 0.0600. The zero-order valence-electron chi connectivity index (χ0n) is 12.0. The Bertz CT molecular complexity index is 985. The first kappa shape index (κ1) is 12.8. The predicted molar refractivity (Wildman–Crippen MR) is 84.2 cm³/mol. The molecule has 0 radical (unpaired) electrons. The number of hydrogen-bond acceptors (Lipinski definition) is 3. The Morgan fingerprint density at radius 2 is 1.82 bits per heavy atom. The molecule has 0 saturated heterocycles. The molecule has 108 valence electrons. The van der Waals surface area contributed by atoms with Crippen LogP contribution in [-0.2, 0) is 11.2 Å². The summed E-state index contributed by atoms with van der Waals surface area (Å²) in [5, 5.41) is 1.61. The van der Waals surface area contributed by atoms with Gasteiger partial charge in [0.15, 0.2) is 0 Å². The summed E-state index contributed by atoms with van der Waals surface area (Å²) >= 11 is 0. The van der Waals surface area contributed by atoms with Crippen molar-refractivity contribution in [1.29, 1.82) is 0 Å². The number of benzene rings is 2. The highest BCUT2D eigenvalue weighted by molar-refractivity contribution is 5.98. The number of esters is 1. The van der Waals surface area contributed by atoms with E-state index in [-0.39, 0.29) is 11.5 Å². The smallest absolute Gasteiger partial charge is 0.338 e. The van der Waals surface area contributed by atoms with Gasteiger partial charge in [0.1, 0.15) is 0 Å². The minimum Gasteiger partial charge on any atom is -0.465 e. The van der Waals surface area contributed by atoms with Gasteiger partial charge in [0, 0.05) is 17.4 Å². The van der Waals surface area contributed by atoms with Crippen molar-refractivity contribution in [3.63, 3.8) is 0 Å². The Morgan fingerprint density at radius 1 is 1.05 bits per heavy atom. The maximum atomic E-state index is 12.3. The standard InChI is InChI=1S/C18H13NO3/c1-22-18(21)13-8-4-7-11-14(13)9-15-10-5-2-3-6-12(10)17(20)19-16(11)15/h2-8H,9H2,1H3,(H,19,20). The number of nitrogens with one attached hydrogen (secondary N) is 1. The summed E-state index contributed by atoms with van der Waals surface area (Å²) < 4.78 is 4.86. The Morgan fingerprint density at radius 3 is 2.59 bits per heavy atom. The van der Waals surface area contributed by atoms with Crippen LogP contribution in [0.4, 0.5) is 0 Å². The van der Waals surface area contributed by atoms with E-state index in [9.17, 15) is 9.59 Å². The first-order valence-corrected chi connectivity index (χ1v) is 7.05. The van der Waals surface area contributed by atoms with E-state index >= 15 is 0 Å². The summed E-state index contributed by atoms with van der Waals surface area (Å²) in [5.41, 5.74) is 4.13. The molecule has 0 amide bonds. The van der Waals surface area contributed by atoms with Crippen molar-refractivity contribution >= 4 is 16.7 Å². The van der Waals surface area contributed by atoms with Crippen LogP contribution in [0.3, 0.4) is 0 Å². The molecule has 0 atom stereocenters. The van der Waals surface area contributed by atoms with Gasteiger partial charge in [-0.25, -0.2) is 4.79 Å². The van der Waals surface area contributed by atoms with Crippen molar-refractivity contribution < 1.29 is 9.53 Å². The van der Waals surface area contributed by atoms with E-state index in [0.29, 0.717) is 17.4 Å². The molecule has 0 fully saturated rings. The molecule has 1 aromatic heterocycles. The maximum Gasteiger partial charge on any atom is 0.338 e. The number of methoxy groups -OCH3 is 1. The highest BCUT2D eigenvalue weighted by Crippen LogP contribution is 2.39. The fourth-order valence-corrected chi connectivity index (χ4v) is 3.24. The second kappa shape index (κ2) is 4.56. The molecule has 4 nitrogen and oxygen atoms in total. The summed E-state index contributed by atoms with van der Waals surface area (Å²) in [6.07, 6.45) is 0.618. The Kier molecular flexibility index (Phi) is 2.66. The molecule has 2 aromatic carbocycles. The zero-order chi connectivity index (χ0) is 15.3. The Hall–Kier alpha value is -2.88. The van der Waals surface area contributed by atoms with Gasteiger partial charge in [-0.1, -0.05) is 30.3 Å². The number of rotatable bonds is 1. The van der Waals surface area contributed by atoms with Crippen molar-refractivity contribution in [1.82, 2.24) is 4.98 Å². The van der Waals surface area contributed by atoms with Crippen LogP contribution in [-0.4, -0.2) is 18.1 Å². The number of aromatic amines is 1. The van der Waals surface area contributed by atoms with E-state index in [1.807, 2.05) is 36.4 Å². The van der Waals surface area contributed by atoms with Crippen LogP contribution in [0, 0.1) is 0 Å². The van der Waals surface area contributed by atoms with Gasteiger partial charge >= 0.3 is 5.97 Å². The monoisotopic (exact) mass is 291 g/mol. The van der Waals surface area contributed by atoms with Gasteiger partial charge < -0.3 is 9.72 Å². The molecule has 3 aromatic rings. The van der Waals surface area contributed by atoms with Crippen molar-refractivity contribution in [2.45, 2.75) is 6.42 Å². The second-order valence-corrected chi connectivity index (χ2v) is 5.35. The molecule has 0 spiro atoms. The van der Waals surface area contributed by atoms with Crippen molar-refractivity contribution in [3.8, 4) is 11.3 Å². The summed E-state index contributed by atoms with van der Waals surface area (Å²) in [5.74, 6) is -0.351. The van der Waals surface area contributed by atoms with Crippen LogP contribution >= 0.6 is 0 Å². The summed E-state index contributed by atoms with van der Waals surface area (Å²) in [4.78, 5) is 27.2. The molecule has 1 aliphatic rings. The van der Waals surface area contributed by atoms with Gasteiger partial charge in [0.25, 0.3) is 5.56 Å². The first-order chi connectivity index (χ1) is 10.7. The number of fused-ring (bicyclic) bond motifs is 5. The fraction of sp³-hybridized carbons (Fsp3) is 0.111. The molecule has 4 rings (SSSR count). The lowest BCUT2D eigenvalue weighted by Gasteiger charge is -2.05. The fourth-order valence-electron chi connectivity index (χ4n) is 3.24. The molecular weight excluding hydrogens is 278 g/mol. The average Bonchev–Trinajstić information content (AvgIpc) is 2.93. The van der Waals surface area contributed by atoms with Crippen molar-refractivity contribution in [2.75, 3.05) is 7.11 Å². The number of hydrogen-bond donors (Lipinski definition) is 1. The maximum absolute atomic E-state index is 12.3. The van der Waals surface area contributed by atoms with Gasteiger partial charge in [0.05, 0.1) is 18.4 Å². The van der Waals surface area contributed by atoms with E-state index in [4.69, 9.17) is 4.74 Å². The number of pyridine rings is 1. The van der Waals surface area contributed by atoms with Crippen LogP contribution in [0.2, 0.25) is 0 Å². The van der Waals surface area contributed by atoms with Gasteiger partial charge in [-0.15, -0.1) is 0 Å². The van der Waals surface area contributed by atoms with Crippen molar-refractivity contribution in [2.24, 2.45) is 0 Å². The normalized spacial score (nSPS) is 12.0. The summed E-state index contributed by atoms with van der Waals surface area (Å²) in [6, 6.07) is 13.0. The third kappa shape index (κ3) is 1.64. The molecule has 1 N–H and O–H groups in total. The highest BCUT2D eigenvalue weighted by atomic mass is 16.5. The van der Waals surface area contributed by atoms with Crippen molar-refractivity contribution in [3.05, 3.63) is 69.5 Å². The minimum absolute atomic E-state index is 0.106. The molecular formula is C18H13NO3. The number of carbonyl (C=O) groups is 1. The lowest BCUT2D eigenvalue weighted by Crippen LogP contribution is -2.08. The van der Waals surface area contributed by atoms with E-state index < -0.39 is 0 Å². The number of ether oxygens (including phenoxy) is 1. The molecule has 0 unspecified atom stereocenters. The third-order valence-electron chi connectivity index (χ3n) is 4.24. The van der Waals surface area contributed by atoms with E-state index in [1.54, 1.807) is 6.07 Å². The van der Waals surface area contributed by atoms with Gasteiger partial charge in [-0.2, -0.15) is 0 Å². The first-order valence-electron chi connectivity index (χ1n) is 7.05. The molecule has 1 heterocycles. The predicted octanol–water partition coefficient (Wildman–Crippen LogP) is 2.89. The SMILES string of the molecule is COC(=O)c1cccc2c1Cc1c-2[nH]c(=O)c2ccccc12. The van der Waals surface area contributed by atoms with Gasteiger partial charge in [-0.05, 0) is 28.6 Å². The van der Waals surface area contributed by atoms with Crippen LogP contribution in [0.5, 0.6) is 0 Å². The van der Waals surface area contributed by atoms with E-state index in [1.165, 1.54) is 7.11 Å². The minimum atomic E-state index is -0.351. The summed E-state index contributed by atoms with van der Waals surface area (Å²) in [7, 11) is 1.38. The molecule has 0 bridgehead atoms. The number of carbonyl (C=O) groups excluding carboxylic acids is 1. The zero-order valence-corrected chi connectivity index (χ0v) is 12.0. The molecule has 0 saturated carbocycles. The number of H-pyrrole nitrogens is 1. The van der Waals surface area contributed by atoms with E-state index in [0.717, 1.165) is 27.8 Å². The van der Waals surface area contributed by atoms with Crippen LogP contribution in [0.1, 0.15) is 21.5 Å². The Balaban J connectivity index is 2.05. The van der Waals surface area contributed by atoms with Gasteiger partial charge in [-0.3, -0.25) is 4.79 Å². The molecule has 4 heteroatoms. The van der Waals surface area contributed by atoms with Crippen LogP contribution in [0.15, 0.2) is 47.3 Å². The lowest BCUT2D eigenvalue weighted by atomic mass is 10.0. The van der Waals surface area contributed by atoms with E-state index in [2.05, 4.69) is 4.98 Å². The van der Waals surface area contributed by atoms with Crippen LogP contribution in [0.25, 0.3) is 22.0 Å². The highest BCUT2D eigenvalue weighted by Gasteiger charge is 2.26. The Labute approximate surface area is 126 Å². The molecule has 0 aliphatic heterocycles. The topological polar surface area (TPSA) is 59.2 Å². The second-order valence-electron chi connectivity index (χ2n) is 5.35. The number of aromatic nitrogens is 1. The largest absolute Gasteiger partial charge is 0.465 e. The summed E-state index contributed by atoms with van der Waals surface area (Å²) in [6.45, 7) is 0. The van der Waals surface area contributed by atoms with Crippen LogP contribution < -0.4 is 5.56 Å². The molecule has 1 aliphatic carbocycles. The average molecular weight is 291 g/mol. The van der Waals surface area contributed by atoms with Gasteiger partial charge in [0.2, 0.25) is 0 Å². The third-order valence-corrected chi connectivity index (χ3v) is 4.24. The molecule has 22 heavy (non-hydrogen) atoms. The quantitative estimate of drug-likeness (QED) is 0.549.